The molecule has 3 heterocycles. The topological polar surface area (TPSA) is 190 Å². The van der Waals surface area contributed by atoms with E-state index in [-0.39, 0.29) is 52.2 Å². The van der Waals surface area contributed by atoms with Gasteiger partial charge in [-0.1, -0.05) is 24.3 Å². The second-order valence-electron chi connectivity index (χ2n) is 14.9. The predicted octanol–water partition coefficient (Wildman–Crippen LogP) is 6.14. The molecule has 0 bridgehead atoms. The third-order valence-electron chi connectivity index (χ3n) is 10.9. The molecule has 58 heavy (non-hydrogen) atoms. The summed E-state index contributed by atoms with van der Waals surface area (Å²) in [5.74, 6) is -1.35. The monoisotopic (exact) mass is 796 g/mol. The van der Waals surface area contributed by atoms with Crippen molar-refractivity contribution in [2.24, 2.45) is 0 Å². The zero-order valence-electron chi connectivity index (χ0n) is 33.5. The molecule has 3 aromatic carbocycles. The lowest BCUT2D eigenvalue weighted by molar-refractivity contribution is -0.122. The number of benzene rings is 3. The van der Waals surface area contributed by atoms with Crippen molar-refractivity contribution in [3.8, 4) is 28.7 Å². The molecule has 14 heteroatoms. The number of nitrogens with one attached hydrogen (secondary N) is 2. The molecule has 308 valence electrons. The molecule has 0 aliphatic carbocycles. The van der Waals surface area contributed by atoms with Crippen LogP contribution in [0.2, 0.25) is 0 Å². The summed E-state index contributed by atoms with van der Waals surface area (Å²) in [5, 5.41) is 27.4. The number of methoxy groups -OCH3 is 3. The van der Waals surface area contributed by atoms with Gasteiger partial charge >= 0.3 is 5.97 Å². The fourth-order valence-electron chi connectivity index (χ4n) is 7.84. The molecule has 1 fully saturated rings. The minimum atomic E-state index is -0.997. The number of para-hydroxylation sites is 1. The van der Waals surface area contributed by atoms with Crippen LogP contribution in [-0.4, -0.2) is 89.3 Å². The van der Waals surface area contributed by atoms with Gasteiger partial charge < -0.3 is 39.5 Å². The molecular formula is C44H52N4O10. The minimum Gasteiger partial charge on any atom is -0.507 e. The first-order chi connectivity index (χ1) is 28.0. The molecule has 14 nitrogen and oxygen atoms in total. The van der Waals surface area contributed by atoms with Crippen LogP contribution < -0.4 is 25.1 Å². The van der Waals surface area contributed by atoms with Crippen molar-refractivity contribution in [1.82, 2.24) is 20.2 Å². The van der Waals surface area contributed by atoms with Crippen molar-refractivity contribution < 1.29 is 43.5 Å². The van der Waals surface area contributed by atoms with Crippen LogP contribution in [0.15, 0.2) is 53.3 Å². The van der Waals surface area contributed by atoms with E-state index >= 15 is 0 Å². The maximum atomic E-state index is 14.0. The molecule has 2 aliphatic heterocycles. The van der Waals surface area contributed by atoms with Crippen LogP contribution in [0.4, 0.5) is 0 Å². The number of carbonyl (C=O) groups excluding carboxylic acids is 3. The van der Waals surface area contributed by atoms with Crippen molar-refractivity contribution in [2.45, 2.75) is 89.3 Å². The largest absolute Gasteiger partial charge is 0.507 e. The van der Waals surface area contributed by atoms with Gasteiger partial charge in [0, 0.05) is 49.9 Å². The van der Waals surface area contributed by atoms with Crippen molar-refractivity contribution in [1.29, 1.82) is 0 Å². The number of ether oxygens (including phenoxy) is 4. The fourth-order valence-corrected chi connectivity index (χ4v) is 7.84. The van der Waals surface area contributed by atoms with Gasteiger partial charge in [0.25, 0.3) is 5.56 Å². The molecule has 2 unspecified atom stereocenters. The zero-order chi connectivity index (χ0) is 41.3. The number of aromatic nitrogens is 2. The van der Waals surface area contributed by atoms with Gasteiger partial charge in [0.05, 0.1) is 44.9 Å². The third kappa shape index (κ3) is 9.79. The summed E-state index contributed by atoms with van der Waals surface area (Å²) in [7, 11) is 4.39. The Morgan fingerprint density at radius 2 is 1.69 bits per heavy atom. The Bertz CT molecular complexity index is 2200. The van der Waals surface area contributed by atoms with Gasteiger partial charge in [0.1, 0.15) is 28.7 Å². The quantitative estimate of drug-likeness (QED) is 0.134. The summed E-state index contributed by atoms with van der Waals surface area (Å²) in [6.45, 7) is 3.48. The standard InChI is InChI=1S/C44H52N4O10/c1-26-11-10-14-30(49)13-7-5-6-12-27-21-34(50)40(41(52)39(27)44(54)58-26)32(28-22-35(55-2)42(57-4)36(23-28)56-3)24-38(51)45-29-17-19-48(20-18-29)25-37-46-33-16-9-8-15-31(33)43(53)47-37/h6,8-9,12,15-16,21-23,26,29,32,50,52H,5,7,10-11,13-14,17-20,24-25H2,1-4H3,(H,45,51)(H,46,47,53). The molecule has 0 radical (unpaired) electrons. The molecule has 4 aromatic rings. The molecule has 0 saturated carbocycles. The summed E-state index contributed by atoms with van der Waals surface area (Å²) < 4.78 is 22.6. The molecule has 2 atom stereocenters. The number of phenolic OH excluding ortho intramolecular Hbond substituents is 2. The van der Waals surface area contributed by atoms with Crippen LogP contribution >= 0.6 is 0 Å². The number of rotatable bonds is 10. The summed E-state index contributed by atoms with van der Waals surface area (Å²) in [6, 6.07) is 11.7. The molecule has 1 saturated heterocycles. The number of Topliss-reactive ketones (excluding diaryl/α,β-unsaturated/α-hetero) is 1. The van der Waals surface area contributed by atoms with E-state index in [0.29, 0.717) is 111 Å². The second kappa shape index (κ2) is 19.0. The van der Waals surface area contributed by atoms with E-state index in [0.717, 1.165) is 0 Å². The first-order valence-electron chi connectivity index (χ1n) is 19.8. The van der Waals surface area contributed by atoms with Crippen molar-refractivity contribution >= 4 is 34.6 Å². The van der Waals surface area contributed by atoms with Crippen molar-refractivity contribution in [3.05, 3.63) is 87.0 Å². The third-order valence-corrected chi connectivity index (χ3v) is 10.9. The summed E-state index contributed by atoms with van der Waals surface area (Å²) in [5.41, 5.74) is 0.954. The van der Waals surface area contributed by atoms with Crippen LogP contribution in [0.5, 0.6) is 28.7 Å². The number of allylic oxidation sites excluding steroid dienone is 1. The van der Waals surface area contributed by atoms with E-state index in [1.165, 1.54) is 27.4 Å². The lowest BCUT2D eigenvalue weighted by Crippen LogP contribution is -2.44. The van der Waals surface area contributed by atoms with E-state index in [2.05, 4.69) is 20.2 Å². The number of phenols is 2. The SMILES string of the molecule is COc1cc(C(CC(=O)NC2CCN(Cc3nc4ccccc4c(=O)[nH]3)CC2)c2c(O)cc3c(c2O)C(=O)OC(C)CCCC(=O)CCCC=C3)cc(OC)c1OC. The van der Waals surface area contributed by atoms with Crippen LogP contribution in [0.3, 0.4) is 0 Å². The number of H-pyrrole nitrogens is 1. The number of nitrogens with zero attached hydrogens (tertiary/aromatic N) is 2. The number of carbonyl (C=O) groups is 3. The number of cyclic esters (lactones) is 1. The molecular weight excluding hydrogens is 745 g/mol. The summed E-state index contributed by atoms with van der Waals surface area (Å²) in [4.78, 5) is 62.5. The zero-order valence-corrected chi connectivity index (χ0v) is 33.5. The van der Waals surface area contributed by atoms with Gasteiger partial charge in [-0.2, -0.15) is 0 Å². The molecule has 1 aromatic heterocycles. The number of hydrogen-bond donors (Lipinski definition) is 4. The number of aromatic hydroxyl groups is 2. The Balaban J connectivity index is 1.29. The van der Waals surface area contributed by atoms with Crippen LogP contribution in [-0.2, 0) is 20.9 Å². The van der Waals surface area contributed by atoms with Gasteiger partial charge in [-0.05, 0) is 86.9 Å². The Labute approximate surface area is 337 Å². The van der Waals surface area contributed by atoms with Crippen molar-refractivity contribution in [2.75, 3.05) is 34.4 Å². The van der Waals surface area contributed by atoms with E-state index in [1.807, 2.05) is 12.1 Å². The van der Waals surface area contributed by atoms with E-state index in [1.54, 1.807) is 43.3 Å². The van der Waals surface area contributed by atoms with Gasteiger partial charge in [-0.25, -0.2) is 9.78 Å². The highest BCUT2D eigenvalue weighted by atomic mass is 16.5. The fraction of sp³-hybridized carbons (Fsp3) is 0.432. The number of esters is 1. The average Bonchev–Trinajstić information content (AvgIpc) is 3.20. The molecule has 0 spiro atoms. The lowest BCUT2D eigenvalue weighted by Gasteiger charge is -2.32. The first kappa shape index (κ1) is 41.7. The van der Waals surface area contributed by atoms with E-state index in [9.17, 15) is 29.4 Å². The highest BCUT2D eigenvalue weighted by Gasteiger charge is 2.33. The Morgan fingerprint density at radius 1 is 0.983 bits per heavy atom. The average molecular weight is 797 g/mol. The van der Waals surface area contributed by atoms with Crippen LogP contribution in [0.1, 0.15) is 104 Å². The smallest absolute Gasteiger partial charge is 0.342 e. The van der Waals surface area contributed by atoms with Crippen LogP contribution in [0.25, 0.3) is 17.0 Å². The van der Waals surface area contributed by atoms with Gasteiger partial charge in [0.15, 0.2) is 11.5 Å². The van der Waals surface area contributed by atoms with E-state index < -0.39 is 23.7 Å². The highest BCUT2D eigenvalue weighted by molar-refractivity contribution is 5.98. The van der Waals surface area contributed by atoms with Crippen molar-refractivity contribution in [3.63, 3.8) is 0 Å². The number of amides is 1. The Hall–Kier alpha value is -5.89. The maximum absolute atomic E-state index is 14.0. The number of piperidine rings is 1. The first-order valence-corrected chi connectivity index (χ1v) is 19.8. The summed E-state index contributed by atoms with van der Waals surface area (Å²) >= 11 is 0. The predicted molar refractivity (Wildman–Crippen MR) is 218 cm³/mol. The number of ketones is 1. The minimum absolute atomic E-state index is 0.0421. The molecule has 1 amide bonds. The number of hydrogen-bond acceptors (Lipinski definition) is 12. The Morgan fingerprint density at radius 3 is 2.40 bits per heavy atom. The Kier molecular flexibility index (Phi) is 13.7. The van der Waals surface area contributed by atoms with Gasteiger partial charge in [-0.3, -0.25) is 19.3 Å². The van der Waals surface area contributed by atoms with Gasteiger partial charge in [-0.15, -0.1) is 0 Å². The normalized spacial score (nSPS) is 17.8. The lowest BCUT2D eigenvalue weighted by atomic mass is 9.84. The number of likely N-dealkylation sites (tertiary alicyclic amines) is 1. The van der Waals surface area contributed by atoms with E-state index in [4.69, 9.17) is 18.9 Å². The maximum Gasteiger partial charge on any atom is 0.342 e. The summed E-state index contributed by atoms with van der Waals surface area (Å²) in [6.07, 6.45) is 6.94. The van der Waals surface area contributed by atoms with Gasteiger partial charge in [0.2, 0.25) is 11.7 Å². The molecule has 4 N–H and O–H groups in total. The molecule has 2 aliphatic rings. The number of aromatic amines is 1. The molecule has 6 rings (SSSR count). The highest BCUT2D eigenvalue weighted by Crippen LogP contribution is 2.48. The number of fused-ring (bicyclic) bond motifs is 2. The van der Waals surface area contributed by atoms with Crippen LogP contribution in [0, 0.1) is 0 Å². The second-order valence-corrected chi connectivity index (χ2v) is 14.9.